The van der Waals surface area contributed by atoms with E-state index in [1.165, 1.54) is 12.1 Å². The van der Waals surface area contributed by atoms with E-state index in [0.717, 1.165) is 16.5 Å². The molecule has 0 bridgehead atoms. The summed E-state index contributed by atoms with van der Waals surface area (Å²) < 4.78 is 1.97. The fourth-order valence-electron chi connectivity index (χ4n) is 2.39. The van der Waals surface area contributed by atoms with Gasteiger partial charge >= 0.3 is 5.97 Å². The summed E-state index contributed by atoms with van der Waals surface area (Å²) in [4.78, 5) is 21.2. The van der Waals surface area contributed by atoms with Crippen LogP contribution >= 0.6 is 0 Å². The highest BCUT2D eigenvalue weighted by Gasteiger charge is 2.08. The Balaban J connectivity index is 1.90. The van der Waals surface area contributed by atoms with Crippen LogP contribution in [0.25, 0.3) is 10.9 Å². The molecule has 3 rings (SSSR count). The third-order valence-corrected chi connectivity index (χ3v) is 3.52. The molecular formula is C16H12N2O4. The minimum absolute atomic E-state index is 0.0622. The first-order valence-corrected chi connectivity index (χ1v) is 6.60. The van der Waals surface area contributed by atoms with Crippen molar-refractivity contribution >= 4 is 22.6 Å². The van der Waals surface area contributed by atoms with E-state index in [1.807, 2.05) is 16.8 Å². The number of carbonyl (C=O) groups is 1. The van der Waals surface area contributed by atoms with E-state index in [9.17, 15) is 14.9 Å². The standard InChI is InChI=1S/C16H12N2O4/c19-16(20)13-3-6-15-12(9-13)7-8-17(15)10-11-1-4-14(5-2-11)18(21)22/h1-9H,10H2,(H,19,20). The number of fused-ring (bicyclic) bond motifs is 1. The van der Waals surface area contributed by atoms with Crippen molar-refractivity contribution in [2.24, 2.45) is 0 Å². The number of carboxylic acid groups (broad SMARTS) is 1. The monoisotopic (exact) mass is 296 g/mol. The van der Waals surface area contributed by atoms with Gasteiger partial charge in [-0.05, 0) is 29.8 Å². The minimum Gasteiger partial charge on any atom is -0.478 e. The smallest absolute Gasteiger partial charge is 0.335 e. The maximum Gasteiger partial charge on any atom is 0.335 e. The Morgan fingerprint density at radius 3 is 2.50 bits per heavy atom. The third kappa shape index (κ3) is 2.54. The molecule has 1 aromatic heterocycles. The van der Waals surface area contributed by atoms with Gasteiger partial charge in [-0.3, -0.25) is 10.1 Å². The summed E-state index contributed by atoms with van der Waals surface area (Å²) in [6.07, 6.45) is 1.87. The van der Waals surface area contributed by atoms with Gasteiger partial charge in [-0.15, -0.1) is 0 Å². The molecule has 0 aliphatic carbocycles. The molecule has 0 saturated carbocycles. The zero-order valence-electron chi connectivity index (χ0n) is 11.5. The van der Waals surface area contributed by atoms with E-state index < -0.39 is 10.9 Å². The van der Waals surface area contributed by atoms with Crippen molar-refractivity contribution in [3.8, 4) is 0 Å². The lowest BCUT2D eigenvalue weighted by atomic mass is 10.1. The number of carboxylic acids is 1. The van der Waals surface area contributed by atoms with Crippen LogP contribution in [0.1, 0.15) is 15.9 Å². The quantitative estimate of drug-likeness (QED) is 0.591. The topological polar surface area (TPSA) is 85.4 Å². The van der Waals surface area contributed by atoms with Gasteiger partial charge < -0.3 is 9.67 Å². The summed E-state index contributed by atoms with van der Waals surface area (Å²) in [5.74, 6) is -0.954. The fourth-order valence-corrected chi connectivity index (χ4v) is 2.39. The van der Waals surface area contributed by atoms with Crippen molar-refractivity contribution in [1.29, 1.82) is 0 Å². The third-order valence-electron chi connectivity index (χ3n) is 3.52. The summed E-state index contributed by atoms with van der Waals surface area (Å²) >= 11 is 0. The number of rotatable bonds is 4. The number of nitro groups is 1. The fraction of sp³-hybridized carbons (Fsp3) is 0.0625. The van der Waals surface area contributed by atoms with E-state index in [1.54, 1.807) is 30.3 Å². The van der Waals surface area contributed by atoms with Crippen molar-refractivity contribution < 1.29 is 14.8 Å². The van der Waals surface area contributed by atoms with Gasteiger partial charge in [-0.2, -0.15) is 0 Å². The molecule has 22 heavy (non-hydrogen) atoms. The normalized spacial score (nSPS) is 10.7. The zero-order chi connectivity index (χ0) is 15.7. The van der Waals surface area contributed by atoms with Gasteiger partial charge in [0.1, 0.15) is 0 Å². The molecule has 1 N–H and O–H groups in total. The first-order valence-electron chi connectivity index (χ1n) is 6.60. The van der Waals surface area contributed by atoms with Crippen molar-refractivity contribution in [3.05, 3.63) is 76.0 Å². The van der Waals surface area contributed by atoms with E-state index >= 15 is 0 Å². The number of nitro benzene ring substituents is 1. The second-order valence-electron chi connectivity index (χ2n) is 4.95. The Hall–Kier alpha value is -3.15. The second kappa shape index (κ2) is 5.33. The SMILES string of the molecule is O=C(O)c1ccc2c(ccn2Cc2ccc([N+](=O)[O-])cc2)c1. The van der Waals surface area contributed by atoms with Crippen LogP contribution < -0.4 is 0 Å². The Morgan fingerprint density at radius 1 is 1.14 bits per heavy atom. The van der Waals surface area contributed by atoms with Crippen LogP contribution in [0.3, 0.4) is 0 Å². The van der Waals surface area contributed by atoms with Crippen molar-refractivity contribution in [2.75, 3.05) is 0 Å². The second-order valence-corrected chi connectivity index (χ2v) is 4.95. The predicted molar refractivity (Wildman–Crippen MR) is 81.1 cm³/mol. The molecule has 3 aromatic rings. The van der Waals surface area contributed by atoms with Gasteiger partial charge in [0, 0.05) is 35.8 Å². The van der Waals surface area contributed by atoms with Crippen molar-refractivity contribution in [2.45, 2.75) is 6.54 Å². The van der Waals surface area contributed by atoms with Crippen molar-refractivity contribution in [3.63, 3.8) is 0 Å². The van der Waals surface area contributed by atoms with Gasteiger partial charge in [0.05, 0.1) is 10.5 Å². The van der Waals surface area contributed by atoms with Crippen LogP contribution in [0.5, 0.6) is 0 Å². The Kier molecular flexibility index (Phi) is 3.34. The first-order chi connectivity index (χ1) is 10.5. The molecule has 6 heteroatoms. The van der Waals surface area contributed by atoms with Crippen LogP contribution in [-0.4, -0.2) is 20.6 Å². The molecule has 0 aliphatic heterocycles. The average Bonchev–Trinajstić information content (AvgIpc) is 2.90. The van der Waals surface area contributed by atoms with E-state index in [-0.39, 0.29) is 11.3 Å². The molecule has 110 valence electrons. The maximum atomic E-state index is 11.0. The summed E-state index contributed by atoms with van der Waals surface area (Å²) in [6, 6.07) is 13.2. The highest BCUT2D eigenvalue weighted by molar-refractivity contribution is 5.93. The lowest BCUT2D eigenvalue weighted by molar-refractivity contribution is -0.384. The highest BCUT2D eigenvalue weighted by Crippen LogP contribution is 2.20. The summed E-state index contributed by atoms with van der Waals surface area (Å²) in [5, 5.41) is 20.5. The number of non-ortho nitro benzene ring substituents is 1. The Labute approximate surface area is 125 Å². The van der Waals surface area contributed by atoms with Crippen LogP contribution in [0.15, 0.2) is 54.7 Å². The number of hydrogen-bond acceptors (Lipinski definition) is 3. The summed E-state index contributed by atoms with van der Waals surface area (Å²) in [5.41, 5.74) is 2.17. The lowest BCUT2D eigenvalue weighted by Gasteiger charge is -2.06. The van der Waals surface area contributed by atoms with Crippen LogP contribution in [0.4, 0.5) is 5.69 Å². The molecule has 0 atom stereocenters. The zero-order valence-corrected chi connectivity index (χ0v) is 11.5. The molecule has 0 unspecified atom stereocenters. The molecule has 2 aromatic carbocycles. The lowest BCUT2D eigenvalue weighted by Crippen LogP contribution is -1.99. The number of hydrogen-bond donors (Lipinski definition) is 1. The van der Waals surface area contributed by atoms with Crippen LogP contribution in [0.2, 0.25) is 0 Å². The number of aromatic nitrogens is 1. The van der Waals surface area contributed by atoms with Crippen LogP contribution in [-0.2, 0) is 6.54 Å². The van der Waals surface area contributed by atoms with Gasteiger partial charge in [0.2, 0.25) is 0 Å². The molecule has 0 radical (unpaired) electrons. The molecule has 1 heterocycles. The van der Waals surface area contributed by atoms with E-state index in [2.05, 4.69) is 0 Å². The average molecular weight is 296 g/mol. The van der Waals surface area contributed by atoms with Gasteiger partial charge in [-0.25, -0.2) is 4.79 Å². The van der Waals surface area contributed by atoms with Gasteiger partial charge in [-0.1, -0.05) is 12.1 Å². The highest BCUT2D eigenvalue weighted by atomic mass is 16.6. The molecule has 6 nitrogen and oxygen atoms in total. The van der Waals surface area contributed by atoms with Crippen LogP contribution in [0, 0.1) is 10.1 Å². The number of benzene rings is 2. The molecule has 0 fully saturated rings. The summed E-state index contributed by atoms with van der Waals surface area (Å²) in [6.45, 7) is 0.563. The van der Waals surface area contributed by atoms with Crippen molar-refractivity contribution in [1.82, 2.24) is 4.57 Å². The minimum atomic E-state index is -0.954. The molecule has 0 spiro atoms. The molecular weight excluding hydrogens is 284 g/mol. The molecule has 0 aliphatic rings. The van der Waals surface area contributed by atoms with E-state index in [0.29, 0.717) is 6.54 Å². The summed E-state index contributed by atoms with van der Waals surface area (Å²) in [7, 11) is 0. The van der Waals surface area contributed by atoms with Gasteiger partial charge in [0.15, 0.2) is 0 Å². The number of aromatic carboxylic acids is 1. The Morgan fingerprint density at radius 2 is 1.86 bits per heavy atom. The predicted octanol–water partition coefficient (Wildman–Crippen LogP) is 3.30. The van der Waals surface area contributed by atoms with Gasteiger partial charge in [0.25, 0.3) is 5.69 Å². The first kappa shape index (κ1) is 13.8. The number of nitrogens with zero attached hydrogens (tertiary/aromatic N) is 2. The molecule has 0 saturated heterocycles. The largest absolute Gasteiger partial charge is 0.478 e. The maximum absolute atomic E-state index is 11.0. The molecule has 0 amide bonds. The van der Waals surface area contributed by atoms with E-state index in [4.69, 9.17) is 5.11 Å². The Bertz CT molecular complexity index is 865.